The van der Waals surface area contributed by atoms with E-state index in [0.717, 1.165) is 17.9 Å². The first-order valence-corrected chi connectivity index (χ1v) is 34.0. The smallest absolute Gasteiger partial charge is 0.313 e. The van der Waals surface area contributed by atoms with Crippen molar-refractivity contribution in [2.24, 2.45) is 0 Å². The molecule has 0 aliphatic rings. The number of hydrogen-bond donors (Lipinski definition) is 0. The zero-order valence-electron chi connectivity index (χ0n) is 43.3. The summed E-state index contributed by atoms with van der Waals surface area (Å²) in [6, 6.07) is 0. The van der Waals surface area contributed by atoms with Crippen LogP contribution < -0.4 is 0 Å². The van der Waals surface area contributed by atoms with Crippen LogP contribution in [-0.4, -0.2) is 18.1 Å². The Bertz CT molecular complexity index is 735. The molecule has 0 saturated heterocycles. The minimum atomic E-state index is -2.66. The maximum absolute atomic E-state index is 14.0. The Morgan fingerprint density at radius 2 is 0.403 bits per heavy atom. The normalized spacial score (nSPS) is 12.0. The van der Waals surface area contributed by atoms with E-state index in [9.17, 15) is 4.57 Å². The van der Waals surface area contributed by atoms with Crippen molar-refractivity contribution in [3.8, 4) is 0 Å². The number of unbranched alkanes of at least 4 members (excludes halogenated alkanes) is 48. The summed E-state index contributed by atoms with van der Waals surface area (Å²) < 4.78 is 20.3. The fraction of sp³-hybridized carbons (Fsp3) is 1.00. The highest BCUT2D eigenvalue weighted by Gasteiger charge is 2.24. The second kappa shape index (κ2) is 56.2. The van der Waals surface area contributed by atoms with Gasteiger partial charge in [0.25, 0.3) is 0 Å². The third kappa shape index (κ3) is 53.5. The third-order valence-corrected chi connectivity index (χ3v) is 21.1. The fourth-order valence-electron chi connectivity index (χ4n) is 9.12. The van der Waals surface area contributed by atoms with Crippen LogP contribution in [0.15, 0.2) is 0 Å². The van der Waals surface area contributed by atoms with Crippen molar-refractivity contribution in [1.29, 1.82) is 0 Å². The average Bonchev–Trinajstić information content (AvgIpc) is 3.28. The summed E-state index contributed by atoms with van der Waals surface area (Å²) in [7, 11) is 0. The van der Waals surface area contributed by atoms with E-state index >= 15 is 0 Å². The Morgan fingerprint density at radius 1 is 0.242 bits per heavy atom. The molecule has 0 heterocycles. The predicted molar refractivity (Wildman–Crippen MR) is 291 cm³/mol. The van der Waals surface area contributed by atoms with Crippen molar-refractivity contribution < 1.29 is 9.09 Å². The molecule has 5 heteroatoms. The van der Waals surface area contributed by atoms with Crippen molar-refractivity contribution in [3.63, 3.8) is 0 Å². The Balaban J connectivity index is 4.08. The Morgan fingerprint density at radius 3 is 0.597 bits per heavy atom. The summed E-state index contributed by atoms with van der Waals surface area (Å²) in [4.78, 5) is 0. The van der Waals surface area contributed by atoms with Gasteiger partial charge in [-0.05, 0) is 19.3 Å². The molecule has 0 aliphatic carbocycles. The van der Waals surface area contributed by atoms with Gasteiger partial charge in [-0.2, -0.15) is 0 Å². The van der Waals surface area contributed by atoms with Gasteiger partial charge in [0.15, 0.2) is 0 Å². The van der Waals surface area contributed by atoms with Gasteiger partial charge in [-0.3, -0.25) is 4.57 Å². The zero-order chi connectivity index (χ0) is 44.8. The Labute approximate surface area is 401 Å². The molecule has 2 nitrogen and oxygen atoms in total. The lowest BCUT2D eigenvalue weighted by Crippen LogP contribution is -1.93. The molecule has 0 N–H and O–H groups in total. The summed E-state index contributed by atoms with van der Waals surface area (Å²) in [6.45, 7) is 7.61. The Kier molecular flexibility index (Phi) is 57.0. The molecule has 0 unspecified atom stereocenters. The molecule has 62 heavy (non-hydrogen) atoms. The molecule has 0 aliphatic heterocycles. The van der Waals surface area contributed by atoms with E-state index in [1.54, 1.807) is 22.8 Å². The van der Waals surface area contributed by atoms with Gasteiger partial charge in [0.1, 0.15) is 0 Å². The molecule has 374 valence electrons. The molecule has 0 aromatic heterocycles. The largest absolute Gasteiger partial charge is 0.314 e. The molecular formula is C57H117O2PS2. The number of rotatable bonds is 57. The van der Waals surface area contributed by atoms with Crippen LogP contribution in [0.5, 0.6) is 0 Å². The second-order valence-corrected chi connectivity index (χ2v) is 27.5. The number of hydrogen-bond acceptors (Lipinski definition) is 4. The molecule has 0 atom stereocenters. The fourth-order valence-corrected chi connectivity index (χ4v) is 16.1. The van der Waals surface area contributed by atoms with Crippen LogP contribution in [0.3, 0.4) is 0 Å². The SMILES string of the molecule is CCCCCCCCCCCCCCCCCCCOP(=O)(SCCCCCCCCCCCCCCCCCCC)SCCCCCCCCCCCCCCCCCCC. The van der Waals surface area contributed by atoms with Crippen LogP contribution in [0.25, 0.3) is 0 Å². The topological polar surface area (TPSA) is 26.3 Å². The van der Waals surface area contributed by atoms with Gasteiger partial charge >= 0.3 is 5.77 Å². The quantitative estimate of drug-likeness (QED) is 0.0448. The monoisotopic (exact) mass is 929 g/mol. The van der Waals surface area contributed by atoms with Gasteiger partial charge in [0.05, 0.1) is 6.61 Å². The van der Waals surface area contributed by atoms with Crippen LogP contribution in [0, 0.1) is 0 Å². The van der Waals surface area contributed by atoms with Crippen LogP contribution in [-0.2, 0) is 9.09 Å². The van der Waals surface area contributed by atoms with Gasteiger partial charge in [0.2, 0.25) is 0 Å². The van der Waals surface area contributed by atoms with Gasteiger partial charge in [0, 0.05) is 11.5 Å². The highest BCUT2D eigenvalue weighted by atomic mass is 33.1. The van der Waals surface area contributed by atoms with E-state index < -0.39 is 5.77 Å². The molecule has 0 fully saturated rings. The first-order valence-electron chi connectivity index (χ1n) is 29.2. The summed E-state index contributed by atoms with van der Waals surface area (Å²) in [5.74, 6) is -0.658. The third-order valence-electron chi connectivity index (χ3n) is 13.5. The summed E-state index contributed by atoms with van der Waals surface area (Å²) in [6.07, 6.45) is 71.3. The molecule has 0 rings (SSSR count). The highest BCUT2D eigenvalue weighted by Crippen LogP contribution is 2.70. The van der Waals surface area contributed by atoms with Crippen LogP contribution in [0.4, 0.5) is 0 Å². The van der Waals surface area contributed by atoms with Gasteiger partial charge in [-0.1, -0.05) is 352 Å². The molecular weight excluding hydrogens is 812 g/mol. The molecule has 0 spiro atoms. The predicted octanol–water partition coefficient (Wildman–Crippen LogP) is 23.5. The lowest BCUT2D eigenvalue weighted by Gasteiger charge is -2.17. The van der Waals surface area contributed by atoms with Gasteiger partial charge in [-0.25, -0.2) is 0 Å². The van der Waals surface area contributed by atoms with Gasteiger partial charge in [-0.15, -0.1) is 0 Å². The van der Waals surface area contributed by atoms with Crippen molar-refractivity contribution in [2.75, 3.05) is 18.1 Å². The van der Waals surface area contributed by atoms with E-state index in [4.69, 9.17) is 4.52 Å². The summed E-state index contributed by atoms with van der Waals surface area (Å²) in [5.41, 5.74) is 0. The first kappa shape index (κ1) is 62.9. The van der Waals surface area contributed by atoms with Crippen LogP contribution in [0.1, 0.15) is 348 Å². The van der Waals surface area contributed by atoms with Crippen molar-refractivity contribution in [3.05, 3.63) is 0 Å². The Hall–Kier alpha value is 0.890. The van der Waals surface area contributed by atoms with E-state index in [1.165, 1.54) is 321 Å². The average molecular weight is 930 g/mol. The van der Waals surface area contributed by atoms with Gasteiger partial charge < -0.3 is 4.52 Å². The first-order chi connectivity index (χ1) is 30.7. The van der Waals surface area contributed by atoms with Crippen LogP contribution in [0.2, 0.25) is 0 Å². The minimum absolute atomic E-state index is 0.688. The summed E-state index contributed by atoms with van der Waals surface area (Å²) in [5, 5.41) is 0. The molecule has 0 amide bonds. The molecule has 0 saturated carbocycles. The van der Waals surface area contributed by atoms with E-state index in [2.05, 4.69) is 20.8 Å². The van der Waals surface area contributed by atoms with Crippen LogP contribution >= 0.6 is 28.5 Å². The van der Waals surface area contributed by atoms with E-state index in [-0.39, 0.29) is 0 Å². The highest BCUT2D eigenvalue weighted by molar-refractivity contribution is 8.89. The minimum Gasteiger partial charge on any atom is -0.314 e. The molecule has 0 aromatic rings. The van der Waals surface area contributed by atoms with E-state index in [0.29, 0.717) is 6.61 Å². The molecule has 0 bridgehead atoms. The van der Waals surface area contributed by atoms with Crippen molar-refractivity contribution >= 4 is 28.5 Å². The maximum Gasteiger partial charge on any atom is 0.313 e. The lowest BCUT2D eigenvalue weighted by molar-refractivity contribution is 0.321. The van der Waals surface area contributed by atoms with E-state index in [1.807, 2.05) is 0 Å². The van der Waals surface area contributed by atoms with Crippen molar-refractivity contribution in [2.45, 2.75) is 348 Å². The second-order valence-electron chi connectivity index (χ2n) is 19.9. The molecule has 0 radical (unpaired) electrons. The summed E-state index contributed by atoms with van der Waals surface area (Å²) >= 11 is 3.37. The zero-order valence-corrected chi connectivity index (χ0v) is 45.8. The van der Waals surface area contributed by atoms with Crippen molar-refractivity contribution in [1.82, 2.24) is 0 Å². The maximum atomic E-state index is 14.0. The molecule has 0 aromatic carbocycles. The standard InChI is InChI=1S/C57H117O2PS2/c1-4-7-10-13-16-19-22-25-28-31-34-37-40-43-46-49-52-55-59-60(58,61-56-53-50-47-44-41-38-35-32-29-26-23-20-17-14-11-8-5-2)62-57-54-51-48-45-42-39-36-33-30-27-24-21-18-15-12-9-6-3/h4-57H2,1-3H3. The lowest BCUT2D eigenvalue weighted by atomic mass is 10.0.